The van der Waals surface area contributed by atoms with Gasteiger partial charge in [-0.3, -0.25) is 11.3 Å². The summed E-state index contributed by atoms with van der Waals surface area (Å²) in [5.41, 5.74) is 2.45. The summed E-state index contributed by atoms with van der Waals surface area (Å²) in [5, 5.41) is 8.38. The second kappa shape index (κ2) is 4.05. The van der Waals surface area contributed by atoms with Gasteiger partial charge < -0.3 is 5.11 Å². The van der Waals surface area contributed by atoms with Gasteiger partial charge in [-0.15, -0.1) is 0 Å². The third-order valence-electron chi connectivity index (χ3n) is 0.949. The van der Waals surface area contributed by atoms with Crippen molar-refractivity contribution < 1.29 is 5.11 Å². The third kappa shape index (κ3) is 2.56. The highest BCUT2D eigenvalue weighted by molar-refractivity contribution is 4.55. The van der Waals surface area contributed by atoms with Crippen LogP contribution in [0.2, 0.25) is 0 Å². The Morgan fingerprint density at radius 2 is 2.43 bits per heavy atom. The smallest absolute Gasteiger partial charge is 0.0598 e. The van der Waals surface area contributed by atoms with Crippen LogP contribution in [0.4, 0.5) is 0 Å². The van der Waals surface area contributed by atoms with Gasteiger partial charge in [0.1, 0.15) is 0 Å². The first-order valence-corrected chi connectivity index (χ1v) is 2.42. The van der Waals surface area contributed by atoms with Crippen LogP contribution < -0.4 is 11.3 Å². The largest absolute Gasteiger partial charge is 0.395 e. The van der Waals surface area contributed by atoms with Crippen LogP contribution in [0.3, 0.4) is 0 Å². The van der Waals surface area contributed by atoms with Crippen molar-refractivity contribution in [3.05, 3.63) is 0 Å². The van der Waals surface area contributed by atoms with Crippen LogP contribution in [0.15, 0.2) is 0 Å². The van der Waals surface area contributed by atoms with Crippen molar-refractivity contribution >= 4 is 0 Å². The molecule has 0 spiro atoms. The van der Waals surface area contributed by atoms with Crippen LogP contribution in [0, 0.1) is 0 Å². The highest BCUT2D eigenvalue weighted by Crippen LogP contribution is 1.82. The Morgan fingerprint density at radius 3 is 2.43 bits per heavy atom. The first-order valence-electron chi connectivity index (χ1n) is 2.42. The molecule has 0 fully saturated rings. The van der Waals surface area contributed by atoms with Crippen LogP contribution in [-0.2, 0) is 0 Å². The SMILES string of the molecule is CCC(CO)NN. The predicted octanol–water partition coefficient (Wildman–Crippen LogP) is -0.779. The lowest BCUT2D eigenvalue weighted by Gasteiger charge is -2.06. The average Bonchev–Trinajstić information content (AvgIpc) is 1.72. The number of hydrogen-bond acceptors (Lipinski definition) is 3. The van der Waals surface area contributed by atoms with Gasteiger partial charge in [0, 0.05) is 6.04 Å². The van der Waals surface area contributed by atoms with Gasteiger partial charge in [-0.1, -0.05) is 6.92 Å². The van der Waals surface area contributed by atoms with E-state index < -0.39 is 0 Å². The lowest BCUT2D eigenvalue weighted by Crippen LogP contribution is -2.37. The van der Waals surface area contributed by atoms with Gasteiger partial charge in [0.25, 0.3) is 0 Å². The van der Waals surface area contributed by atoms with Gasteiger partial charge >= 0.3 is 0 Å². The maximum absolute atomic E-state index is 8.38. The fourth-order valence-electron chi connectivity index (χ4n) is 0.300. The molecule has 0 aromatic heterocycles. The maximum atomic E-state index is 8.38. The van der Waals surface area contributed by atoms with Crippen molar-refractivity contribution in [2.75, 3.05) is 6.61 Å². The van der Waals surface area contributed by atoms with Crippen molar-refractivity contribution in [1.82, 2.24) is 5.43 Å². The molecule has 44 valence electrons. The molecule has 1 unspecified atom stereocenters. The van der Waals surface area contributed by atoms with E-state index in [1.807, 2.05) is 6.92 Å². The van der Waals surface area contributed by atoms with Gasteiger partial charge in [-0.25, -0.2) is 0 Å². The molecule has 4 N–H and O–H groups in total. The first kappa shape index (κ1) is 6.88. The molecule has 0 aliphatic carbocycles. The standard InChI is InChI=1S/C4H12N2O/c1-2-4(3-7)6-5/h4,6-7H,2-3,5H2,1H3. The molecule has 0 aliphatic heterocycles. The topological polar surface area (TPSA) is 58.3 Å². The van der Waals surface area contributed by atoms with Gasteiger partial charge in [0.15, 0.2) is 0 Å². The summed E-state index contributed by atoms with van der Waals surface area (Å²) in [6.45, 7) is 2.08. The second-order valence-corrected chi connectivity index (χ2v) is 1.45. The lowest BCUT2D eigenvalue weighted by molar-refractivity contribution is 0.240. The summed E-state index contributed by atoms with van der Waals surface area (Å²) < 4.78 is 0. The van der Waals surface area contributed by atoms with E-state index in [4.69, 9.17) is 10.9 Å². The predicted molar refractivity (Wildman–Crippen MR) is 28.5 cm³/mol. The number of hydrazine groups is 1. The fraction of sp³-hybridized carbons (Fsp3) is 1.00. The number of aliphatic hydroxyl groups is 1. The number of nitrogens with one attached hydrogen (secondary N) is 1. The molecular formula is C4H12N2O. The summed E-state index contributed by atoms with van der Waals surface area (Å²) in [4.78, 5) is 0. The molecule has 0 aliphatic rings. The van der Waals surface area contributed by atoms with Gasteiger partial charge in [0.2, 0.25) is 0 Å². The van der Waals surface area contributed by atoms with Gasteiger partial charge in [0.05, 0.1) is 6.61 Å². The van der Waals surface area contributed by atoms with Crippen molar-refractivity contribution in [3.63, 3.8) is 0 Å². The van der Waals surface area contributed by atoms with Crippen molar-refractivity contribution in [2.45, 2.75) is 19.4 Å². The van der Waals surface area contributed by atoms with Crippen molar-refractivity contribution in [2.24, 2.45) is 5.84 Å². The van der Waals surface area contributed by atoms with Crippen LogP contribution in [0.5, 0.6) is 0 Å². The highest BCUT2D eigenvalue weighted by Gasteiger charge is 1.96. The van der Waals surface area contributed by atoms with Crippen LogP contribution in [0.25, 0.3) is 0 Å². The summed E-state index contributed by atoms with van der Waals surface area (Å²) in [7, 11) is 0. The zero-order chi connectivity index (χ0) is 5.70. The minimum Gasteiger partial charge on any atom is -0.395 e. The van der Waals surface area contributed by atoms with Crippen LogP contribution in [0.1, 0.15) is 13.3 Å². The summed E-state index contributed by atoms with van der Waals surface area (Å²) in [6.07, 6.45) is 0.868. The van der Waals surface area contributed by atoms with Crippen molar-refractivity contribution in [3.8, 4) is 0 Å². The van der Waals surface area contributed by atoms with Gasteiger partial charge in [-0.2, -0.15) is 0 Å². The van der Waals surface area contributed by atoms with E-state index in [9.17, 15) is 0 Å². The summed E-state index contributed by atoms with van der Waals surface area (Å²) in [6, 6.07) is 0.0694. The van der Waals surface area contributed by atoms with E-state index in [1.165, 1.54) is 0 Å². The molecule has 0 amide bonds. The third-order valence-corrected chi connectivity index (χ3v) is 0.949. The van der Waals surface area contributed by atoms with E-state index in [-0.39, 0.29) is 12.6 Å². The Bertz CT molecular complexity index is 31.2. The van der Waals surface area contributed by atoms with Crippen LogP contribution >= 0.6 is 0 Å². The number of hydrogen-bond donors (Lipinski definition) is 3. The van der Waals surface area contributed by atoms with E-state index >= 15 is 0 Å². The number of aliphatic hydroxyl groups excluding tert-OH is 1. The molecule has 3 nitrogen and oxygen atoms in total. The Kier molecular flexibility index (Phi) is 3.98. The van der Waals surface area contributed by atoms with E-state index in [0.29, 0.717) is 0 Å². The molecule has 0 saturated heterocycles. The zero-order valence-electron chi connectivity index (χ0n) is 4.52. The maximum Gasteiger partial charge on any atom is 0.0598 e. The molecule has 0 aromatic carbocycles. The molecular weight excluding hydrogens is 92.1 g/mol. The normalized spacial score (nSPS) is 14.1. The highest BCUT2D eigenvalue weighted by atomic mass is 16.3. The lowest BCUT2D eigenvalue weighted by atomic mass is 10.3. The molecule has 1 atom stereocenters. The zero-order valence-corrected chi connectivity index (χ0v) is 4.52. The van der Waals surface area contributed by atoms with Gasteiger partial charge in [-0.05, 0) is 6.42 Å². The molecule has 0 heterocycles. The quantitative estimate of drug-likeness (QED) is 0.325. The number of rotatable bonds is 3. The summed E-state index contributed by atoms with van der Waals surface area (Å²) >= 11 is 0. The molecule has 0 bridgehead atoms. The average molecular weight is 104 g/mol. The fourth-order valence-corrected chi connectivity index (χ4v) is 0.300. The molecule has 0 saturated carbocycles. The minimum atomic E-state index is 0.0694. The van der Waals surface area contributed by atoms with Crippen LogP contribution in [-0.4, -0.2) is 17.8 Å². The molecule has 0 rings (SSSR count). The Hall–Kier alpha value is -0.120. The van der Waals surface area contributed by atoms with Crippen molar-refractivity contribution in [1.29, 1.82) is 0 Å². The molecule has 0 radical (unpaired) electrons. The molecule has 3 heteroatoms. The van der Waals surface area contributed by atoms with E-state index in [2.05, 4.69) is 5.43 Å². The minimum absolute atomic E-state index is 0.0694. The Balaban J connectivity index is 2.99. The van der Waals surface area contributed by atoms with E-state index in [1.54, 1.807) is 0 Å². The number of nitrogens with two attached hydrogens (primary N) is 1. The Labute approximate surface area is 43.5 Å². The Morgan fingerprint density at radius 1 is 1.86 bits per heavy atom. The molecule has 7 heavy (non-hydrogen) atoms. The van der Waals surface area contributed by atoms with E-state index in [0.717, 1.165) is 6.42 Å². The molecule has 0 aromatic rings. The monoisotopic (exact) mass is 104 g/mol. The first-order chi connectivity index (χ1) is 3.35. The summed E-state index contributed by atoms with van der Waals surface area (Å²) in [5.74, 6) is 4.98. The second-order valence-electron chi connectivity index (χ2n) is 1.45.